The number of carbonyl (C=O) groups excluding carboxylic acids is 1. The van der Waals surface area contributed by atoms with E-state index in [9.17, 15) is 4.79 Å². The Balaban J connectivity index is 2.08. The Kier molecular flexibility index (Phi) is 4.59. The van der Waals surface area contributed by atoms with E-state index in [1.165, 1.54) is 11.1 Å². The zero-order chi connectivity index (χ0) is 13.7. The lowest BCUT2D eigenvalue weighted by Gasteiger charge is -2.34. The van der Waals surface area contributed by atoms with Crippen molar-refractivity contribution >= 4 is 5.91 Å². The van der Waals surface area contributed by atoms with Crippen LogP contribution in [-0.2, 0) is 16.6 Å². The molecular formula is C16H24N2O. The topological polar surface area (TPSA) is 41.1 Å². The van der Waals surface area contributed by atoms with Gasteiger partial charge in [0.15, 0.2) is 0 Å². The van der Waals surface area contributed by atoms with Gasteiger partial charge in [0.05, 0.1) is 5.41 Å². The van der Waals surface area contributed by atoms with Gasteiger partial charge in [-0.3, -0.25) is 4.79 Å². The van der Waals surface area contributed by atoms with E-state index in [1.54, 1.807) is 0 Å². The van der Waals surface area contributed by atoms with Crippen molar-refractivity contribution in [3.8, 4) is 0 Å². The van der Waals surface area contributed by atoms with Crippen molar-refractivity contribution in [2.24, 2.45) is 0 Å². The highest BCUT2D eigenvalue weighted by Crippen LogP contribution is 2.37. The summed E-state index contributed by atoms with van der Waals surface area (Å²) in [7, 11) is 1.93. The van der Waals surface area contributed by atoms with E-state index in [4.69, 9.17) is 0 Å². The standard InChI is InChI=1S/C16H24N2O/c1-16(15(19)18-12-6-11-17-2)10-5-8-13-7-3-4-9-14(13)16/h3-4,7,9,17H,5-6,8,10-12H2,1-2H3,(H,18,19). The molecule has 0 spiro atoms. The number of hydrogen-bond acceptors (Lipinski definition) is 2. The van der Waals surface area contributed by atoms with E-state index in [1.807, 2.05) is 13.1 Å². The molecule has 1 unspecified atom stereocenters. The third kappa shape index (κ3) is 2.98. The van der Waals surface area contributed by atoms with Crippen LogP contribution in [0, 0.1) is 0 Å². The summed E-state index contributed by atoms with van der Waals surface area (Å²) in [6, 6.07) is 8.37. The van der Waals surface area contributed by atoms with Crippen LogP contribution in [0.3, 0.4) is 0 Å². The fraction of sp³-hybridized carbons (Fsp3) is 0.562. The van der Waals surface area contributed by atoms with Crippen molar-refractivity contribution in [2.75, 3.05) is 20.1 Å². The predicted molar refractivity (Wildman–Crippen MR) is 78.3 cm³/mol. The van der Waals surface area contributed by atoms with Gasteiger partial charge in [-0.15, -0.1) is 0 Å². The average molecular weight is 260 g/mol. The summed E-state index contributed by atoms with van der Waals surface area (Å²) >= 11 is 0. The first kappa shape index (κ1) is 14.1. The Bertz CT molecular complexity index is 444. The van der Waals surface area contributed by atoms with E-state index in [0.29, 0.717) is 0 Å². The molecule has 2 N–H and O–H groups in total. The molecule has 0 aromatic heterocycles. The quantitative estimate of drug-likeness (QED) is 0.795. The van der Waals surface area contributed by atoms with Crippen molar-refractivity contribution in [1.29, 1.82) is 0 Å². The molecule has 0 saturated heterocycles. The van der Waals surface area contributed by atoms with Gasteiger partial charge in [0.1, 0.15) is 0 Å². The van der Waals surface area contributed by atoms with Crippen molar-refractivity contribution in [3.63, 3.8) is 0 Å². The maximum atomic E-state index is 12.5. The molecular weight excluding hydrogens is 236 g/mol. The van der Waals surface area contributed by atoms with Crippen molar-refractivity contribution in [2.45, 2.75) is 38.0 Å². The van der Waals surface area contributed by atoms with Gasteiger partial charge in [-0.05, 0) is 57.3 Å². The molecule has 19 heavy (non-hydrogen) atoms. The number of rotatable bonds is 5. The van der Waals surface area contributed by atoms with Gasteiger partial charge in [0, 0.05) is 6.54 Å². The minimum Gasteiger partial charge on any atom is -0.355 e. The van der Waals surface area contributed by atoms with Crippen LogP contribution in [0.5, 0.6) is 0 Å². The van der Waals surface area contributed by atoms with E-state index in [2.05, 4.69) is 35.8 Å². The minimum atomic E-state index is -0.353. The lowest BCUT2D eigenvalue weighted by atomic mass is 9.70. The van der Waals surface area contributed by atoms with Crippen LogP contribution in [0.4, 0.5) is 0 Å². The molecule has 0 aliphatic heterocycles. The summed E-state index contributed by atoms with van der Waals surface area (Å²) < 4.78 is 0. The third-order valence-electron chi connectivity index (χ3n) is 4.12. The third-order valence-corrected chi connectivity index (χ3v) is 4.12. The van der Waals surface area contributed by atoms with Gasteiger partial charge in [-0.1, -0.05) is 24.3 Å². The SMILES string of the molecule is CNCCCNC(=O)C1(C)CCCc2ccccc21. The molecule has 0 fully saturated rings. The lowest BCUT2D eigenvalue weighted by molar-refractivity contribution is -0.126. The van der Waals surface area contributed by atoms with Crippen LogP contribution in [0.2, 0.25) is 0 Å². The van der Waals surface area contributed by atoms with Crippen molar-refractivity contribution in [3.05, 3.63) is 35.4 Å². The summed E-state index contributed by atoms with van der Waals surface area (Å²) in [4.78, 5) is 12.5. The minimum absolute atomic E-state index is 0.177. The van der Waals surface area contributed by atoms with Crippen LogP contribution < -0.4 is 10.6 Å². The Morgan fingerprint density at radius 1 is 1.32 bits per heavy atom. The maximum Gasteiger partial charge on any atom is 0.230 e. The molecule has 1 aromatic rings. The maximum absolute atomic E-state index is 12.5. The molecule has 104 valence electrons. The molecule has 3 nitrogen and oxygen atoms in total. The van der Waals surface area contributed by atoms with Crippen LogP contribution in [0.15, 0.2) is 24.3 Å². The van der Waals surface area contributed by atoms with E-state index in [0.717, 1.165) is 38.8 Å². The van der Waals surface area contributed by atoms with E-state index < -0.39 is 0 Å². The van der Waals surface area contributed by atoms with Gasteiger partial charge < -0.3 is 10.6 Å². The first-order valence-corrected chi connectivity index (χ1v) is 7.20. The summed E-state index contributed by atoms with van der Waals surface area (Å²) in [6.07, 6.45) is 4.11. The Hall–Kier alpha value is -1.35. The largest absolute Gasteiger partial charge is 0.355 e. The summed E-state index contributed by atoms with van der Waals surface area (Å²) in [5.41, 5.74) is 2.20. The molecule has 0 radical (unpaired) electrons. The summed E-state index contributed by atoms with van der Waals surface area (Å²) in [5.74, 6) is 0.177. The second kappa shape index (κ2) is 6.20. The first-order valence-electron chi connectivity index (χ1n) is 7.20. The summed E-state index contributed by atoms with van der Waals surface area (Å²) in [5, 5.41) is 6.18. The Morgan fingerprint density at radius 3 is 2.89 bits per heavy atom. The monoisotopic (exact) mass is 260 g/mol. The number of fused-ring (bicyclic) bond motifs is 1. The second-order valence-corrected chi connectivity index (χ2v) is 5.56. The summed E-state index contributed by atoms with van der Waals surface area (Å²) in [6.45, 7) is 3.77. The molecule has 1 aromatic carbocycles. The highest BCUT2D eigenvalue weighted by atomic mass is 16.2. The molecule has 1 aliphatic carbocycles. The molecule has 1 aliphatic rings. The van der Waals surface area contributed by atoms with Gasteiger partial charge in [-0.2, -0.15) is 0 Å². The van der Waals surface area contributed by atoms with E-state index >= 15 is 0 Å². The normalized spacial score (nSPS) is 21.8. The predicted octanol–water partition coefficient (Wildman–Crippen LogP) is 2.01. The van der Waals surface area contributed by atoms with Crippen LogP contribution in [0.25, 0.3) is 0 Å². The van der Waals surface area contributed by atoms with Gasteiger partial charge >= 0.3 is 0 Å². The smallest absolute Gasteiger partial charge is 0.230 e. The fourth-order valence-corrected chi connectivity index (χ4v) is 2.94. The zero-order valence-electron chi connectivity index (χ0n) is 12.0. The van der Waals surface area contributed by atoms with Crippen LogP contribution in [-0.4, -0.2) is 26.0 Å². The lowest BCUT2D eigenvalue weighted by Crippen LogP contribution is -2.45. The number of benzene rings is 1. The Morgan fingerprint density at radius 2 is 2.11 bits per heavy atom. The molecule has 2 rings (SSSR count). The molecule has 0 heterocycles. The number of aryl methyl sites for hydroxylation is 1. The van der Waals surface area contributed by atoms with Crippen LogP contribution in [0.1, 0.15) is 37.3 Å². The average Bonchev–Trinajstić information content (AvgIpc) is 2.44. The van der Waals surface area contributed by atoms with E-state index in [-0.39, 0.29) is 11.3 Å². The van der Waals surface area contributed by atoms with Crippen molar-refractivity contribution < 1.29 is 4.79 Å². The number of carbonyl (C=O) groups is 1. The van der Waals surface area contributed by atoms with Crippen LogP contribution >= 0.6 is 0 Å². The molecule has 3 heteroatoms. The van der Waals surface area contributed by atoms with Crippen molar-refractivity contribution in [1.82, 2.24) is 10.6 Å². The first-order chi connectivity index (χ1) is 9.18. The molecule has 1 atom stereocenters. The molecule has 0 saturated carbocycles. The Labute approximate surface area is 115 Å². The number of hydrogen-bond donors (Lipinski definition) is 2. The number of amides is 1. The highest BCUT2D eigenvalue weighted by Gasteiger charge is 2.38. The van der Waals surface area contributed by atoms with Gasteiger partial charge in [0.25, 0.3) is 0 Å². The zero-order valence-corrected chi connectivity index (χ0v) is 12.0. The fourth-order valence-electron chi connectivity index (χ4n) is 2.94. The molecule has 1 amide bonds. The molecule has 0 bridgehead atoms. The van der Waals surface area contributed by atoms with Gasteiger partial charge in [0.2, 0.25) is 5.91 Å². The highest BCUT2D eigenvalue weighted by molar-refractivity contribution is 5.88. The van der Waals surface area contributed by atoms with Gasteiger partial charge in [-0.25, -0.2) is 0 Å². The number of nitrogens with one attached hydrogen (secondary N) is 2. The second-order valence-electron chi connectivity index (χ2n) is 5.56.